The third kappa shape index (κ3) is 3.78. The summed E-state index contributed by atoms with van der Waals surface area (Å²) in [4.78, 5) is 8.53. The number of hydrogen-bond donors (Lipinski definition) is 3. The molecular weight excluding hydrogens is 354 g/mol. The summed E-state index contributed by atoms with van der Waals surface area (Å²) in [5, 5.41) is 6.52. The zero-order valence-corrected chi connectivity index (χ0v) is 15.9. The number of hydrogen-bond acceptors (Lipinski definition) is 7. The van der Waals surface area contributed by atoms with Gasteiger partial charge in [-0.3, -0.25) is 0 Å². The number of benzene rings is 2. The van der Waals surface area contributed by atoms with Crippen molar-refractivity contribution in [1.29, 1.82) is 0 Å². The Morgan fingerprint density at radius 1 is 1.00 bits per heavy atom. The standard InChI is InChI=1S/C21H23N5O2/c1-13(2)15-4-6-16(7-5-15)26-21-19(22)20(24-11-25-21)23-10-14-3-8-17-18(9-14)28-12-27-17/h3-9,11,13H,10,12,22H2,1-2H3,(H2,23,24,25,26). The Kier molecular flexibility index (Phi) is 4.89. The molecule has 4 N–H and O–H groups in total. The van der Waals surface area contributed by atoms with Gasteiger partial charge >= 0.3 is 0 Å². The van der Waals surface area contributed by atoms with E-state index in [9.17, 15) is 0 Å². The van der Waals surface area contributed by atoms with Crippen LogP contribution in [0.25, 0.3) is 0 Å². The van der Waals surface area contributed by atoms with E-state index in [2.05, 4.69) is 46.6 Å². The molecule has 4 rings (SSSR count). The number of nitrogens with zero attached hydrogens (tertiary/aromatic N) is 2. The lowest BCUT2D eigenvalue weighted by molar-refractivity contribution is 0.174. The SMILES string of the molecule is CC(C)c1ccc(Nc2ncnc(NCc3ccc4c(c3)OCO4)c2N)cc1. The Morgan fingerprint density at radius 3 is 2.54 bits per heavy atom. The molecule has 2 aromatic carbocycles. The van der Waals surface area contributed by atoms with Crippen LogP contribution in [-0.2, 0) is 6.54 Å². The maximum atomic E-state index is 6.27. The van der Waals surface area contributed by atoms with Gasteiger partial charge in [0.15, 0.2) is 23.1 Å². The fourth-order valence-corrected chi connectivity index (χ4v) is 2.96. The molecule has 0 saturated heterocycles. The molecule has 0 spiro atoms. The topological polar surface area (TPSA) is 94.3 Å². The summed E-state index contributed by atoms with van der Waals surface area (Å²) in [6, 6.07) is 14.1. The highest BCUT2D eigenvalue weighted by Crippen LogP contribution is 2.33. The Morgan fingerprint density at radius 2 is 1.75 bits per heavy atom. The number of fused-ring (bicyclic) bond motifs is 1. The van der Waals surface area contributed by atoms with Crippen LogP contribution in [0.2, 0.25) is 0 Å². The lowest BCUT2D eigenvalue weighted by Crippen LogP contribution is -2.08. The van der Waals surface area contributed by atoms with E-state index < -0.39 is 0 Å². The summed E-state index contributed by atoms with van der Waals surface area (Å²) >= 11 is 0. The van der Waals surface area contributed by atoms with Crippen molar-refractivity contribution in [2.75, 3.05) is 23.2 Å². The predicted molar refractivity (Wildman–Crippen MR) is 110 cm³/mol. The number of nitrogens with two attached hydrogens (primary N) is 1. The van der Waals surface area contributed by atoms with Gasteiger partial charge in [-0.15, -0.1) is 0 Å². The van der Waals surface area contributed by atoms with Crippen LogP contribution in [0.3, 0.4) is 0 Å². The van der Waals surface area contributed by atoms with E-state index in [4.69, 9.17) is 15.2 Å². The molecule has 7 heteroatoms. The predicted octanol–water partition coefficient (Wildman–Crippen LogP) is 4.27. The van der Waals surface area contributed by atoms with Gasteiger partial charge in [0, 0.05) is 12.2 Å². The second-order valence-electron chi connectivity index (χ2n) is 6.93. The Labute approximate surface area is 163 Å². The Balaban J connectivity index is 1.45. The normalized spacial score (nSPS) is 12.2. The molecule has 144 valence electrons. The summed E-state index contributed by atoms with van der Waals surface area (Å²) in [6.07, 6.45) is 1.49. The number of aromatic nitrogens is 2. The van der Waals surface area contributed by atoms with Crippen LogP contribution in [0.15, 0.2) is 48.8 Å². The fraction of sp³-hybridized carbons (Fsp3) is 0.238. The molecular formula is C21H23N5O2. The van der Waals surface area contributed by atoms with Crippen LogP contribution in [0.1, 0.15) is 30.9 Å². The van der Waals surface area contributed by atoms with Crippen molar-refractivity contribution in [3.05, 3.63) is 59.9 Å². The summed E-state index contributed by atoms with van der Waals surface area (Å²) in [7, 11) is 0. The molecule has 1 aliphatic heterocycles. The smallest absolute Gasteiger partial charge is 0.231 e. The van der Waals surface area contributed by atoms with E-state index in [0.717, 1.165) is 22.7 Å². The third-order valence-electron chi connectivity index (χ3n) is 4.62. The van der Waals surface area contributed by atoms with Crippen LogP contribution in [-0.4, -0.2) is 16.8 Å². The van der Waals surface area contributed by atoms with E-state index in [-0.39, 0.29) is 6.79 Å². The average molecular weight is 377 g/mol. The minimum Gasteiger partial charge on any atom is -0.454 e. The molecule has 0 radical (unpaired) electrons. The van der Waals surface area contributed by atoms with Gasteiger partial charge in [-0.1, -0.05) is 32.0 Å². The highest BCUT2D eigenvalue weighted by molar-refractivity contribution is 5.77. The largest absolute Gasteiger partial charge is 0.454 e. The first-order valence-electron chi connectivity index (χ1n) is 9.20. The zero-order chi connectivity index (χ0) is 19.5. The van der Waals surface area contributed by atoms with E-state index >= 15 is 0 Å². The molecule has 1 aromatic heterocycles. The maximum Gasteiger partial charge on any atom is 0.231 e. The lowest BCUT2D eigenvalue weighted by Gasteiger charge is -2.13. The first-order chi connectivity index (χ1) is 13.6. The highest BCUT2D eigenvalue weighted by atomic mass is 16.7. The van der Waals surface area contributed by atoms with Crippen molar-refractivity contribution in [2.45, 2.75) is 26.3 Å². The van der Waals surface area contributed by atoms with Crippen LogP contribution in [0.5, 0.6) is 11.5 Å². The van der Waals surface area contributed by atoms with Crippen molar-refractivity contribution in [1.82, 2.24) is 9.97 Å². The molecule has 0 amide bonds. The summed E-state index contributed by atoms with van der Waals surface area (Å²) in [5.41, 5.74) is 9.99. The van der Waals surface area contributed by atoms with Crippen molar-refractivity contribution in [3.63, 3.8) is 0 Å². The molecule has 0 saturated carbocycles. The first-order valence-corrected chi connectivity index (χ1v) is 9.20. The molecule has 3 aromatic rings. The number of nitrogens with one attached hydrogen (secondary N) is 2. The maximum absolute atomic E-state index is 6.27. The number of nitrogen functional groups attached to an aromatic ring is 1. The van der Waals surface area contributed by atoms with Crippen LogP contribution < -0.4 is 25.8 Å². The van der Waals surface area contributed by atoms with E-state index in [0.29, 0.717) is 29.8 Å². The molecule has 0 aliphatic carbocycles. The van der Waals surface area contributed by atoms with Gasteiger partial charge in [-0.05, 0) is 41.3 Å². The average Bonchev–Trinajstić information content (AvgIpc) is 3.17. The van der Waals surface area contributed by atoms with Gasteiger partial charge in [0.2, 0.25) is 6.79 Å². The van der Waals surface area contributed by atoms with Crippen molar-refractivity contribution >= 4 is 23.0 Å². The third-order valence-corrected chi connectivity index (χ3v) is 4.62. The van der Waals surface area contributed by atoms with Gasteiger partial charge in [0.1, 0.15) is 12.0 Å². The molecule has 0 unspecified atom stereocenters. The zero-order valence-electron chi connectivity index (χ0n) is 15.9. The molecule has 28 heavy (non-hydrogen) atoms. The molecule has 0 atom stereocenters. The molecule has 7 nitrogen and oxygen atoms in total. The first kappa shape index (κ1) is 17.9. The highest BCUT2D eigenvalue weighted by Gasteiger charge is 2.14. The summed E-state index contributed by atoms with van der Waals surface area (Å²) in [6.45, 7) is 5.16. The van der Waals surface area contributed by atoms with Crippen LogP contribution in [0, 0.1) is 0 Å². The van der Waals surface area contributed by atoms with Crippen molar-refractivity contribution < 1.29 is 9.47 Å². The number of rotatable bonds is 6. The van der Waals surface area contributed by atoms with Gasteiger partial charge in [0.05, 0.1) is 0 Å². The second kappa shape index (κ2) is 7.64. The van der Waals surface area contributed by atoms with E-state index in [1.165, 1.54) is 11.9 Å². The minimum atomic E-state index is 0.262. The van der Waals surface area contributed by atoms with E-state index in [1.807, 2.05) is 30.3 Å². The summed E-state index contributed by atoms with van der Waals surface area (Å²) in [5.74, 6) is 3.15. The van der Waals surface area contributed by atoms with Crippen LogP contribution in [0.4, 0.5) is 23.0 Å². The number of anilines is 4. The van der Waals surface area contributed by atoms with Gasteiger partial charge in [-0.25, -0.2) is 9.97 Å². The van der Waals surface area contributed by atoms with Gasteiger partial charge in [0.25, 0.3) is 0 Å². The molecule has 0 fully saturated rings. The van der Waals surface area contributed by atoms with Crippen molar-refractivity contribution in [3.8, 4) is 11.5 Å². The van der Waals surface area contributed by atoms with Crippen LogP contribution >= 0.6 is 0 Å². The van der Waals surface area contributed by atoms with Crippen molar-refractivity contribution in [2.24, 2.45) is 0 Å². The molecule has 0 bridgehead atoms. The fourth-order valence-electron chi connectivity index (χ4n) is 2.96. The lowest BCUT2D eigenvalue weighted by atomic mass is 10.0. The van der Waals surface area contributed by atoms with Gasteiger partial charge < -0.3 is 25.8 Å². The number of ether oxygens (including phenoxy) is 2. The van der Waals surface area contributed by atoms with E-state index in [1.54, 1.807) is 0 Å². The monoisotopic (exact) mass is 377 g/mol. The Bertz CT molecular complexity index is 973. The Hall–Kier alpha value is -3.48. The van der Waals surface area contributed by atoms with Gasteiger partial charge in [-0.2, -0.15) is 0 Å². The second-order valence-corrected chi connectivity index (χ2v) is 6.93. The molecule has 2 heterocycles. The molecule has 1 aliphatic rings. The quantitative estimate of drug-likeness (QED) is 0.590. The minimum absolute atomic E-state index is 0.262. The summed E-state index contributed by atoms with van der Waals surface area (Å²) < 4.78 is 10.7.